The van der Waals surface area contributed by atoms with Gasteiger partial charge in [0, 0.05) is 37.2 Å². The molecule has 1 aromatic rings. The second-order valence-corrected chi connectivity index (χ2v) is 6.50. The number of likely N-dealkylation sites (tertiary alicyclic amines) is 1. The fraction of sp³-hybridized carbons (Fsp3) is 0.529. The molecule has 1 saturated heterocycles. The van der Waals surface area contributed by atoms with Crippen molar-refractivity contribution in [3.8, 4) is 0 Å². The van der Waals surface area contributed by atoms with E-state index in [-0.39, 0.29) is 23.6 Å². The van der Waals surface area contributed by atoms with Crippen LogP contribution in [0.15, 0.2) is 18.2 Å². The number of carboxylic acid groups (broad SMARTS) is 1. The Hall–Kier alpha value is -1.86. The van der Waals surface area contributed by atoms with E-state index in [2.05, 4.69) is 5.32 Å². The number of amides is 2. The van der Waals surface area contributed by atoms with Crippen molar-refractivity contribution in [1.29, 1.82) is 0 Å². The van der Waals surface area contributed by atoms with E-state index in [0.29, 0.717) is 44.6 Å². The zero-order valence-corrected chi connectivity index (χ0v) is 14.9. The molecule has 2 amide bonds. The van der Waals surface area contributed by atoms with Crippen LogP contribution in [0, 0.1) is 5.82 Å². The Labute approximate surface area is 151 Å². The van der Waals surface area contributed by atoms with Crippen molar-refractivity contribution in [1.82, 2.24) is 15.1 Å². The van der Waals surface area contributed by atoms with Crippen LogP contribution >= 0.6 is 11.6 Å². The lowest BCUT2D eigenvalue weighted by molar-refractivity contribution is -0.139. The van der Waals surface area contributed by atoms with Gasteiger partial charge in [-0.1, -0.05) is 17.7 Å². The van der Waals surface area contributed by atoms with Crippen LogP contribution in [0.4, 0.5) is 9.18 Å². The number of piperidine rings is 1. The second-order valence-electron chi connectivity index (χ2n) is 6.09. The van der Waals surface area contributed by atoms with Gasteiger partial charge in [-0.05, 0) is 37.5 Å². The van der Waals surface area contributed by atoms with Gasteiger partial charge >= 0.3 is 12.0 Å². The Bertz CT molecular complexity index is 621. The third-order valence-corrected chi connectivity index (χ3v) is 4.67. The molecule has 1 aliphatic rings. The first kappa shape index (κ1) is 19.5. The largest absolute Gasteiger partial charge is 0.480 e. The Morgan fingerprint density at radius 3 is 2.64 bits per heavy atom. The van der Waals surface area contributed by atoms with Crippen molar-refractivity contribution in [2.75, 3.05) is 26.2 Å². The molecule has 0 aliphatic carbocycles. The number of nitrogens with zero attached hydrogens (tertiary/aromatic N) is 2. The maximum atomic E-state index is 13.2. The number of hydrogen-bond donors (Lipinski definition) is 2. The van der Waals surface area contributed by atoms with Crippen LogP contribution < -0.4 is 5.32 Å². The normalized spacial score (nSPS) is 15.4. The average molecular weight is 372 g/mol. The molecule has 2 rings (SSSR count). The van der Waals surface area contributed by atoms with Crippen molar-refractivity contribution >= 4 is 23.6 Å². The van der Waals surface area contributed by atoms with E-state index >= 15 is 0 Å². The number of urea groups is 1. The first-order chi connectivity index (χ1) is 11.9. The quantitative estimate of drug-likeness (QED) is 0.806. The van der Waals surface area contributed by atoms with Gasteiger partial charge in [0.05, 0.1) is 6.54 Å². The first-order valence-electron chi connectivity index (χ1n) is 8.33. The summed E-state index contributed by atoms with van der Waals surface area (Å²) < 4.78 is 13.2. The summed E-state index contributed by atoms with van der Waals surface area (Å²) in [5.74, 6) is -1.35. The fourth-order valence-corrected chi connectivity index (χ4v) is 3.28. The summed E-state index contributed by atoms with van der Waals surface area (Å²) in [7, 11) is 0. The third-order valence-electron chi connectivity index (χ3n) is 4.32. The van der Waals surface area contributed by atoms with Crippen molar-refractivity contribution in [2.45, 2.75) is 32.4 Å². The molecule has 25 heavy (non-hydrogen) atoms. The molecule has 0 saturated carbocycles. The standard InChI is InChI=1S/C17H23ClFN3O3/c1-2-20-17(25)21-7-5-14(6-8-21)22(11-16(23)24)10-12-3-4-13(19)9-15(12)18/h3-4,9,14H,2,5-8,10-11H2,1H3,(H,20,25)(H,23,24). The van der Waals surface area contributed by atoms with Crippen LogP contribution in [0.3, 0.4) is 0 Å². The van der Waals surface area contributed by atoms with Gasteiger partial charge in [-0.15, -0.1) is 0 Å². The topological polar surface area (TPSA) is 72.9 Å². The molecule has 0 bridgehead atoms. The molecular formula is C17H23ClFN3O3. The molecule has 1 aromatic carbocycles. The Morgan fingerprint density at radius 1 is 1.40 bits per heavy atom. The maximum absolute atomic E-state index is 13.2. The number of carbonyl (C=O) groups excluding carboxylic acids is 1. The SMILES string of the molecule is CCNC(=O)N1CCC(N(CC(=O)O)Cc2ccc(F)cc2Cl)CC1. The summed E-state index contributed by atoms with van der Waals surface area (Å²) in [5, 5.41) is 12.3. The molecule has 1 heterocycles. The maximum Gasteiger partial charge on any atom is 0.317 e. The van der Waals surface area contributed by atoms with Crippen molar-refractivity contribution in [2.24, 2.45) is 0 Å². The van der Waals surface area contributed by atoms with E-state index in [9.17, 15) is 19.1 Å². The zero-order chi connectivity index (χ0) is 18.4. The molecule has 1 aliphatic heterocycles. The summed E-state index contributed by atoms with van der Waals surface area (Å²) in [6.07, 6.45) is 1.37. The summed E-state index contributed by atoms with van der Waals surface area (Å²) in [4.78, 5) is 26.7. The van der Waals surface area contributed by atoms with Gasteiger partial charge in [-0.2, -0.15) is 0 Å². The number of nitrogens with one attached hydrogen (secondary N) is 1. The van der Waals surface area contributed by atoms with E-state index < -0.39 is 11.8 Å². The summed E-state index contributed by atoms with van der Waals surface area (Å²) >= 11 is 6.07. The molecule has 8 heteroatoms. The highest BCUT2D eigenvalue weighted by Crippen LogP contribution is 2.23. The minimum absolute atomic E-state index is 0.0305. The van der Waals surface area contributed by atoms with Crippen LogP contribution in [0.2, 0.25) is 5.02 Å². The minimum Gasteiger partial charge on any atom is -0.480 e. The van der Waals surface area contributed by atoms with Crippen molar-refractivity contribution in [3.05, 3.63) is 34.6 Å². The Balaban J connectivity index is 2.03. The number of carboxylic acids is 1. The van der Waals surface area contributed by atoms with Crippen LogP contribution in [0.1, 0.15) is 25.3 Å². The minimum atomic E-state index is -0.926. The van der Waals surface area contributed by atoms with Gasteiger partial charge in [-0.25, -0.2) is 9.18 Å². The van der Waals surface area contributed by atoms with Gasteiger partial charge in [0.15, 0.2) is 0 Å². The molecule has 0 atom stereocenters. The van der Waals surface area contributed by atoms with E-state index in [0.717, 1.165) is 0 Å². The van der Waals surface area contributed by atoms with Gasteiger partial charge in [0.1, 0.15) is 5.82 Å². The third kappa shape index (κ3) is 5.57. The molecule has 0 radical (unpaired) electrons. The van der Waals surface area contributed by atoms with Gasteiger partial charge < -0.3 is 15.3 Å². The molecular weight excluding hydrogens is 349 g/mol. The van der Waals surface area contributed by atoms with E-state index in [4.69, 9.17) is 11.6 Å². The van der Waals surface area contributed by atoms with Crippen LogP contribution in [0.25, 0.3) is 0 Å². The van der Waals surface area contributed by atoms with Gasteiger partial charge in [0.25, 0.3) is 0 Å². The monoisotopic (exact) mass is 371 g/mol. The van der Waals surface area contributed by atoms with Gasteiger partial charge in [-0.3, -0.25) is 9.69 Å². The number of hydrogen-bond acceptors (Lipinski definition) is 3. The lowest BCUT2D eigenvalue weighted by Gasteiger charge is -2.38. The lowest BCUT2D eigenvalue weighted by Crippen LogP contribution is -2.50. The smallest absolute Gasteiger partial charge is 0.317 e. The highest BCUT2D eigenvalue weighted by atomic mass is 35.5. The molecule has 6 nitrogen and oxygen atoms in total. The summed E-state index contributed by atoms with van der Waals surface area (Å²) in [5.41, 5.74) is 0.690. The molecule has 2 N–H and O–H groups in total. The number of carbonyl (C=O) groups is 2. The van der Waals surface area contributed by atoms with Crippen molar-refractivity contribution in [3.63, 3.8) is 0 Å². The van der Waals surface area contributed by atoms with Crippen LogP contribution in [-0.4, -0.2) is 59.1 Å². The first-order valence-corrected chi connectivity index (χ1v) is 8.71. The number of aliphatic carboxylic acids is 1. The second kappa shape index (κ2) is 9.01. The fourth-order valence-electron chi connectivity index (χ4n) is 3.05. The van der Waals surface area contributed by atoms with Crippen molar-refractivity contribution < 1.29 is 19.1 Å². The highest BCUT2D eigenvalue weighted by Gasteiger charge is 2.28. The molecule has 1 fully saturated rings. The number of rotatable bonds is 6. The van der Waals surface area contributed by atoms with E-state index in [1.165, 1.54) is 12.1 Å². The number of halogens is 2. The molecule has 0 unspecified atom stereocenters. The number of benzene rings is 1. The zero-order valence-electron chi connectivity index (χ0n) is 14.2. The van der Waals surface area contributed by atoms with Crippen LogP contribution in [-0.2, 0) is 11.3 Å². The molecule has 0 spiro atoms. The van der Waals surface area contributed by atoms with Gasteiger partial charge in [0.2, 0.25) is 0 Å². The predicted molar refractivity (Wildman–Crippen MR) is 93.1 cm³/mol. The van der Waals surface area contributed by atoms with Crippen LogP contribution in [0.5, 0.6) is 0 Å². The molecule has 0 aromatic heterocycles. The Kier molecular flexibility index (Phi) is 7.01. The molecule has 138 valence electrons. The van der Waals surface area contributed by atoms with E-state index in [1.807, 2.05) is 11.8 Å². The Morgan fingerprint density at radius 2 is 2.08 bits per heavy atom. The average Bonchev–Trinajstić information content (AvgIpc) is 2.56. The van der Waals surface area contributed by atoms with E-state index in [1.54, 1.807) is 11.0 Å². The highest BCUT2D eigenvalue weighted by molar-refractivity contribution is 6.31. The predicted octanol–water partition coefficient (Wildman–Crippen LogP) is 2.56. The summed E-state index contributed by atoms with van der Waals surface area (Å²) in [6.45, 7) is 3.79. The summed E-state index contributed by atoms with van der Waals surface area (Å²) in [6, 6.07) is 4.07. The lowest BCUT2D eigenvalue weighted by atomic mass is 10.0.